The van der Waals surface area contributed by atoms with E-state index >= 15 is 0 Å². The van der Waals surface area contributed by atoms with Crippen molar-refractivity contribution in [2.75, 3.05) is 10.6 Å². The molecular formula is C22H16N4O2. The van der Waals surface area contributed by atoms with Gasteiger partial charge in [0.05, 0.1) is 28.7 Å². The van der Waals surface area contributed by atoms with Crippen molar-refractivity contribution in [3.8, 4) is 0 Å². The third-order valence-electron chi connectivity index (χ3n) is 4.17. The molecule has 2 amide bonds. The molecule has 6 nitrogen and oxygen atoms in total. The van der Waals surface area contributed by atoms with Crippen LogP contribution in [0.3, 0.4) is 0 Å². The van der Waals surface area contributed by atoms with Crippen molar-refractivity contribution in [2.45, 2.75) is 0 Å². The average molecular weight is 368 g/mol. The van der Waals surface area contributed by atoms with E-state index in [1.54, 1.807) is 54.9 Å². The van der Waals surface area contributed by atoms with Gasteiger partial charge in [0.15, 0.2) is 0 Å². The summed E-state index contributed by atoms with van der Waals surface area (Å²) < 4.78 is 0. The number of amides is 2. The van der Waals surface area contributed by atoms with Gasteiger partial charge in [-0.2, -0.15) is 0 Å². The lowest BCUT2D eigenvalue weighted by atomic mass is 10.1. The standard InChI is InChI=1S/C22H16N4O2/c27-21(24-16-7-5-13-23-14-16)17-8-2-4-10-19(17)26-22(28)20-12-11-15-6-1-3-9-18(15)25-20/h1-14H,(H,24,27)(H,26,28). The number of carbonyl (C=O) groups is 2. The van der Waals surface area contributed by atoms with E-state index in [9.17, 15) is 9.59 Å². The second kappa shape index (κ2) is 7.67. The quantitative estimate of drug-likeness (QED) is 0.567. The first kappa shape index (κ1) is 17.4. The van der Waals surface area contributed by atoms with Crippen molar-refractivity contribution in [1.82, 2.24) is 9.97 Å². The lowest BCUT2D eigenvalue weighted by Gasteiger charge is -2.11. The Morgan fingerprint density at radius 2 is 1.57 bits per heavy atom. The number of benzene rings is 2. The number of para-hydroxylation sites is 2. The molecule has 0 aliphatic rings. The van der Waals surface area contributed by atoms with E-state index in [2.05, 4.69) is 20.6 Å². The summed E-state index contributed by atoms with van der Waals surface area (Å²) in [5.74, 6) is -0.720. The molecule has 2 aromatic carbocycles. The lowest BCUT2D eigenvalue weighted by molar-refractivity contribution is 0.102. The smallest absolute Gasteiger partial charge is 0.274 e. The van der Waals surface area contributed by atoms with Gasteiger partial charge in [0.25, 0.3) is 11.8 Å². The van der Waals surface area contributed by atoms with E-state index in [4.69, 9.17) is 0 Å². The summed E-state index contributed by atoms with van der Waals surface area (Å²) in [6, 6.07) is 21.4. The van der Waals surface area contributed by atoms with Crippen LogP contribution in [-0.4, -0.2) is 21.8 Å². The molecule has 2 heterocycles. The SMILES string of the molecule is O=C(Nc1ccccc1C(=O)Nc1cccnc1)c1ccc2ccccc2n1. The lowest BCUT2D eigenvalue weighted by Crippen LogP contribution is -2.19. The van der Waals surface area contributed by atoms with Gasteiger partial charge in [-0.25, -0.2) is 4.98 Å². The second-order valence-corrected chi connectivity index (χ2v) is 6.08. The van der Waals surface area contributed by atoms with E-state index in [1.165, 1.54) is 0 Å². The van der Waals surface area contributed by atoms with Crippen LogP contribution in [0, 0.1) is 0 Å². The first-order chi connectivity index (χ1) is 13.7. The number of anilines is 2. The Hall–Kier alpha value is -4.06. The molecule has 4 aromatic rings. The molecule has 0 atom stereocenters. The zero-order valence-electron chi connectivity index (χ0n) is 14.8. The second-order valence-electron chi connectivity index (χ2n) is 6.08. The molecule has 0 aliphatic heterocycles. The van der Waals surface area contributed by atoms with Crippen LogP contribution in [0.15, 0.2) is 85.2 Å². The van der Waals surface area contributed by atoms with Crippen LogP contribution in [0.5, 0.6) is 0 Å². The summed E-state index contributed by atoms with van der Waals surface area (Å²) in [6.45, 7) is 0. The number of pyridine rings is 2. The molecule has 2 N–H and O–H groups in total. The number of hydrogen-bond acceptors (Lipinski definition) is 4. The number of nitrogens with one attached hydrogen (secondary N) is 2. The van der Waals surface area contributed by atoms with Gasteiger partial charge in [0, 0.05) is 11.6 Å². The van der Waals surface area contributed by atoms with E-state index < -0.39 is 0 Å². The van der Waals surface area contributed by atoms with Gasteiger partial charge < -0.3 is 10.6 Å². The van der Waals surface area contributed by atoms with Crippen LogP contribution >= 0.6 is 0 Å². The Morgan fingerprint density at radius 3 is 2.43 bits per heavy atom. The highest BCUT2D eigenvalue weighted by Crippen LogP contribution is 2.19. The Kier molecular flexibility index (Phi) is 4.76. The molecule has 0 bridgehead atoms. The summed E-state index contributed by atoms with van der Waals surface area (Å²) in [4.78, 5) is 33.7. The third kappa shape index (κ3) is 3.71. The van der Waals surface area contributed by atoms with E-state index in [1.807, 2.05) is 30.3 Å². The van der Waals surface area contributed by atoms with Crippen LogP contribution in [0.4, 0.5) is 11.4 Å². The highest BCUT2D eigenvalue weighted by molar-refractivity contribution is 6.12. The van der Waals surface area contributed by atoms with Gasteiger partial charge >= 0.3 is 0 Å². The Bertz CT molecular complexity index is 1160. The van der Waals surface area contributed by atoms with Crippen LogP contribution < -0.4 is 10.6 Å². The van der Waals surface area contributed by atoms with Crippen molar-refractivity contribution in [1.29, 1.82) is 0 Å². The first-order valence-corrected chi connectivity index (χ1v) is 8.68. The minimum Gasteiger partial charge on any atom is -0.321 e. The largest absolute Gasteiger partial charge is 0.321 e. The monoisotopic (exact) mass is 368 g/mol. The highest BCUT2D eigenvalue weighted by atomic mass is 16.2. The van der Waals surface area contributed by atoms with Crippen LogP contribution in [-0.2, 0) is 0 Å². The summed E-state index contributed by atoms with van der Waals surface area (Å²) in [5, 5.41) is 6.50. The number of hydrogen-bond donors (Lipinski definition) is 2. The molecule has 4 rings (SSSR count). The van der Waals surface area contributed by atoms with E-state index in [0.29, 0.717) is 16.9 Å². The molecule has 6 heteroatoms. The number of rotatable bonds is 4. The van der Waals surface area contributed by atoms with Crippen molar-refractivity contribution in [3.05, 3.63) is 96.4 Å². The fraction of sp³-hybridized carbons (Fsp3) is 0. The predicted molar refractivity (Wildman–Crippen MR) is 108 cm³/mol. The zero-order valence-corrected chi connectivity index (χ0v) is 14.8. The Labute approximate surface area is 161 Å². The summed E-state index contributed by atoms with van der Waals surface area (Å²) in [5.41, 5.74) is 2.34. The highest BCUT2D eigenvalue weighted by Gasteiger charge is 2.15. The van der Waals surface area contributed by atoms with Crippen molar-refractivity contribution in [3.63, 3.8) is 0 Å². The minimum absolute atomic E-state index is 0.279. The van der Waals surface area contributed by atoms with Gasteiger partial charge in [-0.15, -0.1) is 0 Å². The van der Waals surface area contributed by atoms with Gasteiger partial charge in [-0.1, -0.05) is 36.4 Å². The minimum atomic E-state index is -0.382. The topological polar surface area (TPSA) is 84.0 Å². The van der Waals surface area contributed by atoms with Crippen molar-refractivity contribution in [2.24, 2.45) is 0 Å². The fourth-order valence-corrected chi connectivity index (χ4v) is 2.80. The first-order valence-electron chi connectivity index (χ1n) is 8.68. The van der Waals surface area contributed by atoms with Gasteiger partial charge in [0.1, 0.15) is 5.69 Å². The zero-order chi connectivity index (χ0) is 19.3. The number of aromatic nitrogens is 2. The van der Waals surface area contributed by atoms with Crippen molar-refractivity contribution < 1.29 is 9.59 Å². The molecule has 28 heavy (non-hydrogen) atoms. The Morgan fingerprint density at radius 1 is 0.750 bits per heavy atom. The molecular weight excluding hydrogens is 352 g/mol. The molecule has 0 spiro atoms. The van der Waals surface area contributed by atoms with E-state index in [-0.39, 0.29) is 17.5 Å². The molecule has 136 valence electrons. The average Bonchev–Trinajstić information content (AvgIpc) is 2.74. The number of nitrogens with zero attached hydrogens (tertiary/aromatic N) is 2. The normalized spacial score (nSPS) is 10.4. The van der Waals surface area contributed by atoms with Crippen molar-refractivity contribution >= 4 is 34.1 Å². The molecule has 0 radical (unpaired) electrons. The molecule has 0 aliphatic carbocycles. The summed E-state index contributed by atoms with van der Waals surface area (Å²) in [6.07, 6.45) is 3.18. The number of fused-ring (bicyclic) bond motifs is 1. The third-order valence-corrected chi connectivity index (χ3v) is 4.17. The van der Waals surface area contributed by atoms with E-state index in [0.717, 1.165) is 10.9 Å². The molecule has 2 aromatic heterocycles. The Balaban J connectivity index is 1.57. The maximum atomic E-state index is 12.7. The molecule has 0 saturated heterocycles. The molecule has 0 fully saturated rings. The van der Waals surface area contributed by atoms with Crippen LogP contribution in [0.25, 0.3) is 10.9 Å². The molecule has 0 unspecified atom stereocenters. The van der Waals surface area contributed by atoms with Gasteiger partial charge in [0.2, 0.25) is 0 Å². The maximum absolute atomic E-state index is 12.7. The summed E-state index contributed by atoms with van der Waals surface area (Å²) in [7, 11) is 0. The molecule has 0 saturated carbocycles. The van der Waals surface area contributed by atoms with Gasteiger partial charge in [-0.3, -0.25) is 14.6 Å². The van der Waals surface area contributed by atoms with Gasteiger partial charge in [-0.05, 0) is 36.4 Å². The van der Waals surface area contributed by atoms with Crippen LogP contribution in [0.2, 0.25) is 0 Å². The van der Waals surface area contributed by atoms with Crippen LogP contribution in [0.1, 0.15) is 20.8 Å². The maximum Gasteiger partial charge on any atom is 0.274 e. The number of carbonyl (C=O) groups excluding carboxylic acids is 2. The predicted octanol–water partition coefficient (Wildman–Crippen LogP) is 4.13. The summed E-state index contributed by atoms with van der Waals surface area (Å²) >= 11 is 0. The fourth-order valence-electron chi connectivity index (χ4n) is 2.80.